The lowest BCUT2D eigenvalue weighted by Gasteiger charge is -2.13. The molecule has 0 spiro atoms. The highest BCUT2D eigenvalue weighted by atomic mass is 35.5. The van der Waals surface area contributed by atoms with Crippen molar-refractivity contribution in [2.45, 2.75) is 32.1 Å². The maximum absolute atomic E-state index is 12.3. The third-order valence-corrected chi connectivity index (χ3v) is 6.28. The Balaban J connectivity index is 1.91. The van der Waals surface area contributed by atoms with Gasteiger partial charge in [-0.25, -0.2) is 13.1 Å². The van der Waals surface area contributed by atoms with Gasteiger partial charge in [-0.1, -0.05) is 17.7 Å². The summed E-state index contributed by atoms with van der Waals surface area (Å²) >= 11 is 5.94. The fourth-order valence-electron chi connectivity index (χ4n) is 2.67. The van der Waals surface area contributed by atoms with Gasteiger partial charge in [0, 0.05) is 12.1 Å². The number of hydrogen-bond donors (Lipinski definition) is 2. The Morgan fingerprint density at radius 1 is 1.14 bits per heavy atom. The number of carbonyl (C=O) groups excluding carboxylic acids is 1. The first kappa shape index (κ1) is 22.2. The monoisotopic (exact) mass is 424 g/mol. The van der Waals surface area contributed by atoms with Crippen LogP contribution in [-0.4, -0.2) is 34.5 Å². The molecule has 2 aromatic carbocycles. The molecule has 1 amide bonds. The zero-order valence-electron chi connectivity index (χ0n) is 16.4. The van der Waals surface area contributed by atoms with Gasteiger partial charge in [0.15, 0.2) is 0 Å². The number of amides is 1. The van der Waals surface area contributed by atoms with Crippen molar-refractivity contribution < 1.29 is 17.9 Å². The number of sulfonamides is 1. The van der Waals surface area contributed by atoms with Crippen molar-refractivity contribution in [3.8, 4) is 5.75 Å². The molecule has 0 bridgehead atoms. The van der Waals surface area contributed by atoms with Gasteiger partial charge in [-0.2, -0.15) is 0 Å². The summed E-state index contributed by atoms with van der Waals surface area (Å²) in [6, 6.07) is 8.25. The number of halogens is 1. The number of benzene rings is 2. The van der Waals surface area contributed by atoms with Crippen LogP contribution in [0.15, 0.2) is 35.2 Å². The van der Waals surface area contributed by atoms with E-state index >= 15 is 0 Å². The van der Waals surface area contributed by atoms with Crippen molar-refractivity contribution in [2.75, 3.05) is 20.2 Å². The van der Waals surface area contributed by atoms with E-state index in [2.05, 4.69) is 16.1 Å². The first-order valence-corrected chi connectivity index (χ1v) is 10.7. The van der Waals surface area contributed by atoms with E-state index in [-0.39, 0.29) is 21.4 Å². The van der Waals surface area contributed by atoms with E-state index in [0.717, 1.165) is 16.9 Å². The molecule has 0 heterocycles. The topological polar surface area (TPSA) is 84.5 Å². The lowest BCUT2D eigenvalue weighted by molar-refractivity contribution is 0.0951. The predicted molar refractivity (Wildman–Crippen MR) is 111 cm³/mol. The summed E-state index contributed by atoms with van der Waals surface area (Å²) in [4.78, 5) is 12.2. The van der Waals surface area contributed by atoms with Gasteiger partial charge in [0.1, 0.15) is 10.6 Å². The first-order chi connectivity index (χ1) is 13.2. The van der Waals surface area contributed by atoms with Crippen LogP contribution >= 0.6 is 11.6 Å². The lowest BCUT2D eigenvalue weighted by atomic mass is 10.1. The van der Waals surface area contributed by atoms with Crippen LogP contribution in [0.4, 0.5) is 0 Å². The molecule has 0 radical (unpaired) electrons. The first-order valence-electron chi connectivity index (χ1n) is 8.87. The maximum Gasteiger partial charge on any atom is 0.251 e. The van der Waals surface area contributed by atoms with Crippen molar-refractivity contribution in [2.24, 2.45) is 0 Å². The molecular weight excluding hydrogens is 400 g/mol. The molecule has 2 rings (SSSR count). The summed E-state index contributed by atoms with van der Waals surface area (Å²) < 4.78 is 31.9. The zero-order chi connectivity index (χ0) is 20.9. The number of hydrogen-bond acceptors (Lipinski definition) is 4. The summed E-state index contributed by atoms with van der Waals surface area (Å²) in [6.07, 6.45) is 0.618. The highest BCUT2D eigenvalue weighted by molar-refractivity contribution is 7.89. The molecule has 0 aliphatic rings. The molecule has 6 nitrogen and oxygen atoms in total. The molecule has 28 heavy (non-hydrogen) atoms. The third kappa shape index (κ3) is 5.47. The molecule has 0 aliphatic carbocycles. The standard InChI is InChI=1S/C20H25ClN2O4S/c1-13-10-14(2)15(3)18(11-13)27-9-5-8-23-20(24)16-6-7-17(21)19(12-16)28(25,26)22-4/h6-7,10-12,22H,5,8-9H2,1-4H3,(H,23,24). The molecule has 152 valence electrons. The van der Waals surface area contributed by atoms with E-state index in [4.69, 9.17) is 16.3 Å². The molecular formula is C20H25ClN2O4S. The van der Waals surface area contributed by atoms with Crippen LogP contribution in [-0.2, 0) is 10.0 Å². The minimum absolute atomic E-state index is 0.0584. The molecule has 2 aromatic rings. The SMILES string of the molecule is CNS(=O)(=O)c1cc(C(=O)NCCCOc2cc(C)cc(C)c2C)ccc1Cl. The largest absolute Gasteiger partial charge is 0.493 e. The molecule has 0 aromatic heterocycles. The fourth-order valence-corrected chi connectivity index (χ4v) is 3.92. The van der Waals surface area contributed by atoms with Gasteiger partial charge < -0.3 is 10.1 Å². The van der Waals surface area contributed by atoms with Gasteiger partial charge >= 0.3 is 0 Å². The Kier molecular flexibility index (Phi) is 7.46. The Bertz CT molecular complexity index is 974. The van der Waals surface area contributed by atoms with Gasteiger partial charge in [-0.05, 0) is 75.2 Å². The number of nitrogens with one attached hydrogen (secondary N) is 2. The van der Waals surface area contributed by atoms with Crippen LogP contribution in [0.25, 0.3) is 0 Å². The van der Waals surface area contributed by atoms with E-state index in [1.807, 2.05) is 26.8 Å². The highest BCUT2D eigenvalue weighted by Gasteiger charge is 2.18. The molecule has 0 saturated carbocycles. The third-order valence-electron chi connectivity index (χ3n) is 4.38. The summed E-state index contributed by atoms with van der Waals surface area (Å²) in [6.45, 7) is 6.95. The Morgan fingerprint density at radius 2 is 1.86 bits per heavy atom. The predicted octanol–water partition coefficient (Wildman–Crippen LogP) is 3.37. The average molecular weight is 425 g/mol. The molecule has 0 unspecified atom stereocenters. The van der Waals surface area contributed by atoms with E-state index < -0.39 is 10.0 Å². The molecule has 0 atom stereocenters. The number of aryl methyl sites for hydroxylation is 2. The molecule has 2 N–H and O–H groups in total. The van der Waals surface area contributed by atoms with Crippen molar-refractivity contribution in [3.05, 3.63) is 57.6 Å². The summed E-state index contributed by atoms with van der Waals surface area (Å²) in [5, 5.41) is 2.82. The van der Waals surface area contributed by atoms with Gasteiger partial charge in [-0.3, -0.25) is 4.79 Å². The summed E-state index contributed by atoms with van der Waals surface area (Å²) in [7, 11) is -2.45. The summed E-state index contributed by atoms with van der Waals surface area (Å²) in [5.74, 6) is 0.482. The molecule has 0 fully saturated rings. The van der Waals surface area contributed by atoms with Crippen molar-refractivity contribution in [3.63, 3.8) is 0 Å². The minimum Gasteiger partial charge on any atom is -0.493 e. The fraction of sp³-hybridized carbons (Fsp3) is 0.350. The number of rotatable bonds is 8. The van der Waals surface area contributed by atoms with Gasteiger partial charge in [0.2, 0.25) is 10.0 Å². The second kappa shape index (κ2) is 9.41. The van der Waals surface area contributed by atoms with Crippen LogP contribution in [0.5, 0.6) is 5.75 Å². The van der Waals surface area contributed by atoms with Crippen LogP contribution in [0.1, 0.15) is 33.5 Å². The maximum atomic E-state index is 12.3. The van der Waals surface area contributed by atoms with Crippen molar-refractivity contribution in [1.82, 2.24) is 10.0 Å². The van der Waals surface area contributed by atoms with E-state index in [1.165, 1.54) is 30.8 Å². The number of ether oxygens (including phenoxy) is 1. The van der Waals surface area contributed by atoms with Crippen molar-refractivity contribution >= 4 is 27.5 Å². The van der Waals surface area contributed by atoms with Crippen LogP contribution in [0.2, 0.25) is 5.02 Å². The summed E-state index contributed by atoms with van der Waals surface area (Å²) in [5.41, 5.74) is 3.65. The molecule has 0 aliphatic heterocycles. The highest BCUT2D eigenvalue weighted by Crippen LogP contribution is 2.24. The molecule has 0 saturated heterocycles. The van der Waals surface area contributed by atoms with Crippen LogP contribution in [0.3, 0.4) is 0 Å². The van der Waals surface area contributed by atoms with Crippen molar-refractivity contribution in [1.29, 1.82) is 0 Å². The Hall–Kier alpha value is -2.09. The molecule has 8 heteroatoms. The van der Waals surface area contributed by atoms with Gasteiger partial charge in [0.25, 0.3) is 5.91 Å². The minimum atomic E-state index is -3.74. The Labute approximate surface area is 171 Å². The second-order valence-corrected chi connectivity index (χ2v) is 8.78. The van der Waals surface area contributed by atoms with E-state index in [1.54, 1.807) is 0 Å². The van der Waals surface area contributed by atoms with Gasteiger partial charge in [0.05, 0.1) is 11.6 Å². The second-order valence-electron chi connectivity index (χ2n) is 6.52. The quantitative estimate of drug-likeness (QED) is 0.636. The van der Waals surface area contributed by atoms with Gasteiger partial charge in [-0.15, -0.1) is 0 Å². The Morgan fingerprint density at radius 3 is 2.54 bits per heavy atom. The van der Waals surface area contributed by atoms with E-state index in [9.17, 15) is 13.2 Å². The van der Waals surface area contributed by atoms with Crippen LogP contribution in [0, 0.1) is 20.8 Å². The van der Waals surface area contributed by atoms with E-state index in [0.29, 0.717) is 19.6 Å². The zero-order valence-corrected chi connectivity index (χ0v) is 18.0. The smallest absolute Gasteiger partial charge is 0.251 e. The lowest BCUT2D eigenvalue weighted by Crippen LogP contribution is -2.26. The normalized spacial score (nSPS) is 11.3. The average Bonchev–Trinajstić information content (AvgIpc) is 2.65. The van der Waals surface area contributed by atoms with Crippen LogP contribution < -0.4 is 14.8 Å². The number of carbonyl (C=O) groups is 1.